The molecular formula is C10H17NO4. The van der Waals surface area contributed by atoms with Crippen molar-refractivity contribution in [1.82, 2.24) is 5.32 Å². The number of carbonyl (C=O) groups is 2. The van der Waals surface area contributed by atoms with E-state index < -0.39 is 17.4 Å². The lowest BCUT2D eigenvalue weighted by molar-refractivity contribution is -0.140. The molecule has 0 heterocycles. The number of ether oxygens (including phenoxy) is 1. The van der Waals surface area contributed by atoms with Crippen LogP contribution in [0.2, 0.25) is 0 Å². The van der Waals surface area contributed by atoms with Gasteiger partial charge in [0.1, 0.15) is 0 Å². The van der Waals surface area contributed by atoms with Crippen molar-refractivity contribution in [3.8, 4) is 0 Å². The van der Waals surface area contributed by atoms with Crippen molar-refractivity contribution in [3.63, 3.8) is 0 Å². The molecule has 0 aromatic heterocycles. The van der Waals surface area contributed by atoms with E-state index in [-0.39, 0.29) is 11.8 Å². The van der Waals surface area contributed by atoms with E-state index >= 15 is 0 Å². The van der Waals surface area contributed by atoms with E-state index in [1.165, 1.54) is 0 Å². The number of nitrogens with one attached hydrogen (secondary N) is 1. The molecule has 1 saturated carbocycles. The van der Waals surface area contributed by atoms with Crippen molar-refractivity contribution in [2.75, 3.05) is 13.7 Å². The number of carboxylic acid groups (broad SMARTS) is 1. The SMILES string of the molecule is COCC(C)(C)NC(=O)[C@@H]1C[C@@H]1C(=O)O. The van der Waals surface area contributed by atoms with Crippen molar-refractivity contribution in [3.05, 3.63) is 0 Å². The van der Waals surface area contributed by atoms with Crippen LogP contribution in [0.25, 0.3) is 0 Å². The molecule has 0 aromatic carbocycles. The van der Waals surface area contributed by atoms with Crippen molar-refractivity contribution < 1.29 is 19.4 Å². The number of methoxy groups -OCH3 is 1. The Morgan fingerprint density at radius 1 is 1.47 bits per heavy atom. The Morgan fingerprint density at radius 3 is 2.47 bits per heavy atom. The molecule has 2 N–H and O–H groups in total. The fourth-order valence-corrected chi connectivity index (χ4v) is 1.58. The van der Waals surface area contributed by atoms with Gasteiger partial charge in [-0.05, 0) is 20.3 Å². The first-order valence-corrected chi connectivity index (χ1v) is 4.91. The molecule has 0 aliphatic heterocycles. The van der Waals surface area contributed by atoms with Gasteiger partial charge in [-0.1, -0.05) is 0 Å². The zero-order chi connectivity index (χ0) is 11.6. The molecule has 1 aliphatic rings. The molecule has 5 heteroatoms. The summed E-state index contributed by atoms with van der Waals surface area (Å²) in [5.74, 6) is -1.94. The van der Waals surface area contributed by atoms with E-state index in [1.807, 2.05) is 13.8 Å². The first-order valence-electron chi connectivity index (χ1n) is 4.91. The van der Waals surface area contributed by atoms with Gasteiger partial charge in [0.2, 0.25) is 5.91 Å². The molecule has 0 saturated heterocycles. The summed E-state index contributed by atoms with van der Waals surface area (Å²) < 4.78 is 4.95. The van der Waals surface area contributed by atoms with Gasteiger partial charge in [-0.25, -0.2) is 0 Å². The lowest BCUT2D eigenvalue weighted by Crippen LogP contribution is -2.47. The topological polar surface area (TPSA) is 75.6 Å². The van der Waals surface area contributed by atoms with Gasteiger partial charge in [0.15, 0.2) is 0 Å². The third-order valence-corrected chi connectivity index (χ3v) is 2.41. The average Bonchev–Trinajstić information content (AvgIpc) is 2.80. The van der Waals surface area contributed by atoms with Gasteiger partial charge >= 0.3 is 5.97 Å². The first kappa shape index (κ1) is 12.0. The number of carboxylic acids is 1. The summed E-state index contributed by atoms with van der Waals surface area (Å²) in [4.78, 5) is 22.1. The predicted molar refractivity (Wildman–Crippen MR) is 53.3 cm³/mol. The molecule has 1 amide bonds. The van der Waals surface area contributed by atoms with Crippen LogP contribution < -0.4 is 5.32 Å². The van der Waals surface area contributed by atoms with Gasteiger partial charge in [0.25, 0.3) is 0 Å². The molecule has 2 atom stereocenters. The van der Waals surface area contributed by atoms with E-state index in [1.54, 1.807) is 7.11 Å². The Balaban J connectivity index is 2.41. The summed E-state index contributed by atoms with van der Waals surface area (Å²) in [6.45, 7) is 4.09. The quantitative estimate of drug-likeness (QED) is 0.689. The van der Waals surface area contributed by atoms with Gasteiger partial charge < -0.3 is 15.2 Å². The Labute approximate surface area is 88.8 Å². The maximum Gasteiger partial charge on any atom is 0.307 e. The highest BCUT2D eigenvalue weighted by Gasteiger charge is 2.49. The van der Waals surface area contributed by atoms with Crippen LogP contribution in [-0.2, 0) is 14.3 Å². The minimum atomic E-state index is -0.889. The summed E-state index contributed by atoms with van der Waals surface area (Å²) in [5.41, 5.74) is -0.447. The summed E-state index contributed by atoms with van der Waals surface area (Å²) in [7, 11) is 1.56. The molecule has 0 unspecified atom stereocenters. The van der Waals surface area contributed by atoms with E-state index in [9.17, 15) is 9.59 Å². The molecule has 86 valence electrons. The molecule has 1 rings (SSSR count). The lowest BCUT2D eigenvalue weighted by Gasteiger charge is -2.25. The fraction of sp³-hybridized carbons (Fsp3) is 0.800. The second kappa shape index (κ2) is 4.18. The largest absolute Gasteiger partial charge is 0.481 e. The zero-order valence-electron chi connectivity index (χ0n) is 9.24. The minimum absolute atomic E-state index is 0.190. The highest BCUT2D eigenvalue weighted by Crippen LogP contribution is 2.39. The molecular weight excluding hydrogens is 198 g/mol. The Kier molecular flexibility index (Phi) is 3.34. The summed E-state index contributed by atoms with van der Waals surface area (Å²) >= 11 is 0. The third kappa shape index (κ3) is 3.20. The highest BCUT2D eigenvalue weighted by molar-refractivity contribution is 5.89. The monoisotopic (exact) mass is 215 g/mol. The maximum absolute atomic E-state index is 11.6. The minimum Gasteiger partial charge on any atom is -0.481 e. The van der Waals surface area contributed by atoms with Crippen LogP contribution in [0.3, 0.4) is 0 Å². The molecule has 0 spiro atoms. The number of hydrogen-bond donors (Lipinski definition) is 2. The average molecular weight is 215 g/mol. The van der Waals surface area contributed by atoms with Crippen LogP contribution in [0.15, 0.2) is 0 Å². The molecule has 0 bridgehead atoms. The van der Waals surface area contributed by atoms with Crippen molar-refractivity contribution >= 4 is 11.9 Å². The van der Waals surface area contributed by atoms with E-state index in [2.05, 4.69) is 5.32 Å². The van der Waals surface area contributed by atoms with Gasteiger partial charge in [0, 0.05) is 7.11 Å². The lowest BCUT2D eigenvalue weighted by atomic mass is 10.1. The fourth-order valence-electron chi connectivity index (χ4n) is 1.58. The predicted octanol–water partition coefficient (Wildman–Crippen LogP) is 0.248. The standard InChI is InChI=1S/C10H17NO4/c1-10(2,5-15-3)11-8(12)6-4-7(6)9(13)14/h6-7H,4-5H2,1-3H3,(H,11,12)(H,13,14)/t6-,7+/m1/s1. The highest BCUT2D eigenvalue weighted by atomic mass is 16.5. The van der Waals surface area contributed by atoms with Crippen molar-refractivity contribution in [2.24, 2.45) is 11.8 Å². The van der Waals surface area contributed by atoms with Crippen molar-refractivity contribution in [2.45, 2.75) is 25.8 Å². The van der Waals surface area contributed by atoms with Crippen LogP contribution in [-0.4, -0.2) is 36.2 Å². The molecule has 5 nitrogen and oxygen atoms in total. The number of hydrogen-bond acceptors (Lipinski definition) is 3. The molecule has 1 fully saturated rings. The van der Waals surface area contributed by atoms with Gasteiger partial charge in [-0.15, -0.1) is 0 Å². The van der Waals surface area contributed by atoms with Crippen LogP contribution in [0, 0.1) is 11.8 Å². The van der Waals surface area contributed by atoms with Crippen LogP contribution in [0.4, 0.5) is 0 Å². The first-order chi connectivity index (χ1) is 6.87. The Bertz CT molecular complexity index is 275. The summed E-state index contributed by atoms with van der Waals surface area (Å²) in [6.07, 6.45) is 0.449. The van der Waals surface area contributed by atoms with Gasteiger partial charge in [-0.3, -0.25) is 9.59 Å². The molecule has 0 aromatic rings. The number of amides is 1. The normalized spacial score (nSPS) is 24.7. The van der Waals surface area contributed by atoms with Gasteiger partial charge in [0.05, 0.1) is 24.0 Å². The van der Waals surface area contributed by atoms with Crippen molar-refractivity contribution in [1.29, 1.82) is 0 Å². The zero-order valence-corrected chi connectivity index (χ0v) is 9.24. The molecule has 1 aliphatic carbocycles. The van der Waals surface area contributed by atoms with Crippen LogP contribution >= 0.6 is 0 Å². The number of carbonyl (C=O) groups excluding carboxylic acids is 1. The number of aliphatic carboxylic acids is 1. The maximum atomic E-state index is 11.6. The molecule has 0 radical (unpaired) electrons. The second-order valence-electron chi connectivity index (χ2n) is 4.59. The third-order valence-electron chi connectivity index (χ3n) is 2.41. The Hall–Kier alpha value is -1.10. The van der Waals surface area contributed by atoms with E-state index in [0.717, 1.165) is 0 Å². The number of rotatable bonds is 5. The van der Waals surface area contributed by atoms with E-state index in [0.29, 0.717) is 13.0 Å². The second-order valence-corrected chi connectivity index (χ2v) is 4.59. The van der Waals surface area contributed by atoms with Crippen LogP contribution in [0.1, 0.15) is 20.3 Å². The van der Waals surface area contributed by atoms with Gasteiger partial charge in [-0.2, -0.15) is 0 Å². The molecule has 15 heavy (non-hydrogen) atoms. The smallest absolute Gasteiger partial charge is 0.307 e. The van der Waals surface area contributed by atoms with E-state index in [4.69, 9.17) is 9.84 Å². The summed E-state index contributed by atoms with van der Waals surface area (Å²) in [5, 5.41) is 11.4. The Morgan fingerprint density at radius 2 is 2.07 bits per heavy atom. The van der Waals surface area contributed by atoms with Crippen LogP contribution in [0.5, 0.6) is 0 Å². The summed E-state index contributed by atoms with van der Waals surface area (Å²) in [6, 6.07) is 0.